The number of nitrogen functional groups attached to an aromatic ring is 1. The fourth-order valence-electron chi connectivity index (χ4n) is 2.11. The third-order valence-electron chi connectivity index (χ3n) is 3.51. The Morgan fingerprint density at radius 1 is 1.27 bits per heavy atom. The van der Waals surface area contributed by atoms with Gasteiger partial charge in [0.25, 0.3) is 5.91 Å². The molecule has 2 aromatic carbocycles. The van der Waals surface area contributed by atoms with E-state index in [9.17, 15) is 4.79 Å². The Kier molecular flexibility index (Phi) is 5.04. The number of aryl methyl sites for hydroxylation is 2. The van der Waals surface area contributed by atoms with Gasteiger partial charge in [0.2, 0.25) is 0 Å². The summed E-state index contributed by atoms with van der Waals surface area (Å²) in [5.74, 6) is 0.502. The molecule has 3 N–H and O–H groups in total. The molecular weight excluding hydrogens is 276 g/mol. The SMILES string of the molecule is CCc1cccc(OC(C)C(=O)Nc2cc(N)ccc2C)c1. The van der Waals surface area contributed by atoms with Gasteiger partial charge in [-0.1, -0.05) is 25.1 Å². The summed E-state index contributed by atoms with van der Waals surface area (Å²) < 4.78 is 5.72. The number of hydrogen-bond donors (Lipinski definition) is 2. The smallest absolute Gasteiger partial charge is 0.265 e. The van der Waals surface area contributed by atoms with Crippen LogP contribution in [0.1, 0.15) is 25.0 Å². The van der Waals surface area contributed by atoms with Crippen LogP contribution in [0, 0.1) is 6.92 Å². The summed E-state index contributed by atoms with van der Waals surface area (Å²) in [6, 6.07) is 13.2. The second-order valence-corrected chi connectivity index (χ2v) is 5.32. The van der Waals surface area contributed by atoms with Gasteiger partial charge in [0.1, 0.15) is 5.75 Å². The first-order valence-electron chi connectivity index (χ1n) is 7.42. The van der Waals surface area contributed by atoms with Gasteiger partial charge in [-0.3, -0.25) is 4.79 Å². The van der Waals surface area contributed by atoms with E-state index in [0.29, 0.717) is 17.1 Å². The lowest BCUT2D eigenvalue weighted by atomic mass is 10.1. The lowest BCUT2D eigenvalue weighted by molar-refractivity contribution is -0.122. The van der Waals surface area contributed by atoms with Crippen molar-refractivity contribution in [3.05, 3.63) is 53.6 Å². The molecule has 116 valence electrons. The van der Waals surface area contributed by atoms with Crippen molar-refractivity contribution in [2.24, 2.45) is 0 Å². The van der Waals surface area contributed by atoms with Gasteiger partial charge in [0.15, 0.2) is 6.10 Å². The van der Waals surface area contributed by atoms with Gasteiger partial charge in [0.05, 0.1) is 0 Å². The van der Waals surface area contributed by atoms with Crippen LogP contribution in [0.25, 0.3) is 0 Å². The average Bonchev–Trinajstić information content (AvgIpc) is 2.51. The molecule has 2 rings (SSSR count). The van der Waals surface area contributed by atoms with Crippen LogP contribution >= 0.6 is 0 Å². The standard InChI is InChI=1S/C18H22N2O2/c1-4-14-6-5-7-16(10-14)22-13(3)18(21)20-17-11-15(19)9-8-12(17)2/h5-11,13H,4,19H2,1-3H3,(H,20,21). The summed E-state index contributed by atoms with van der Waals surface area (Å²) in [4.78, 5) is 12.3. The van der Waals surface area contributed by atoms with Crippen LogP contribution in [0.15, 0.2) is 42.5 Å². The van der Waals surface area contributed by atoms with E-state index in [4.69, 9.17) is 10.5 Å². The molecule has 0 spiro atoms. The molecule has 1 unspecified atom stereocenters. The molecule has 0 radical (unpaired) electrons. The van der Waals surface area contributed by atoms with E-state index >= 15 is 0 Å². The zero-order valence-electron chi connectivity index (χ0n) is 13.2. The van der Waals surface area contributed by atoms with E-state index in [1.165, 1.54) is 5.56 Å². The largest absolute Gasteiger partial charge is 0.481 e. The number of carbonyl (C=O) groups is 1. The van der Waals surface area contributed by atoms with Gasteiger partial charge >= 0.3 is 0 Å². The number of benzene rings is 2. The van der Waals surface area contributed by atoms with Crippen molar-refractivity contribution in [1.29, 1.82) is 0 Å². The van der Waals surface area contributed by atoms with E-state index in [1.807, 2.05) is 37.3 Å². The predicted octanol–water partition coefficient (Wildman–Crippen LogP) is 3.55. The molecular formula is C18H22N2O2. The zero-order chi connectivity index (χ0) is 16.1. The number of hydrogen-bond acceptors (Lipinski definition) is 3. The lowest BCUT2D eigenvalue weighted by Gasteiger charge is -2.16. The second-order valence-electron chi connectivity index (χ2n) is 5.32. The van der Waals surface area contributed by atoms with Gasteiger partial charge in [-0.25, -0.2) is 0 Å². The van der Waals surface area contributed by atoms with E-state index in [2.05, 4.69) is 12.2 Å². The maximum Gasteiger partial charge on any atom is 0.265 e. The van der Waals surface area contributed by atoms with E-state index in [1.54, 1.807) is 19.1 Å². The summed E-state index contributed by atoms with van der Waals surface area (Å²) in [7, 11) is 0. The number of rotatable bonds is 5. The average molecular weight is 298 g/mol. The summed E-state index contributed by atoms with van der Waals surface area (Å²) >= 11 is 0. The van der Waals surface area contributed by atoms with Crippen molar-refractivity contribution < 1.29 is 9.53 Å². The van der Waals surface area contributed by atoms with Crippen LogP contribution in [0.3, 0.4) is 0 Å². The first kappa shape index (κ1) is 15.9. The first-order chi connectivity index (χ1) is 10.5. The van der Waals surface area contributed by atoms with Crippen LogP contribution in [0.5, 0.6) is 5.75 Å². The fourth-order valence-corrected chi connectivity index (χ4v) is 2.11. The second kappa shape index (κ2) is 6.98. The number of nitrogens with two attached hydrogens (primary N) is 1. The van der Waals surface area contributed by atoms with Crippen LogP contribution in [-0.4, -0.2) is 12.0 Å². The third-order valence-corrected chi connectivity index (χ3v) is 3.51. The Morgan fingerprint density at radius 3 is 2.77 bits per heavy atom. The van der Waals surface area contributed by atoms with Crippen LogP contribution in [0.2, 0.25) is 0 Å². The quantitative estimate of drug-likeness (QED) is 0.830. The van der Waals surface area contributed by atoms with Crippen LogP contribution in [-0.2, 0) is 11.2 Å². The highest BCUT2D eigenvalue weighted by Crippen LogP contribution is 2.20. The summed E-state index contributed by atoms with van der Waals surface area (Å²) in [5.41, 5.74) is 9.22. The summed E-state index contributed by atoms with van der Waals surface area (Å²) in [6.07, 6.45) is 0.341. The Morgan fingerprint density at radius 2 is 2.05 bits per heavy atom. The molecule has 1 amide bonds. The molecule has 0 saturated carbocycles. The van der Waals surface area contributed by atoms with Gasteiger partial charge in [0, 0.05) is 11.4 Å². The molecule has 0 saturated heterocycles. The van der Waals surface area contributed by atoms with E-state index in [-0.39, 0.29) is 5.91 Å². The minimum Gasteiger partial charge on any atom is -0.481 e. The Labute approximate surface area is 131 Å². The summed E-state index contributed by atoms with van der Waals surface area (Å²) in [5, 5.41) is 2.86. The predicted molar refractivity (Wildman–Crippen MR) is 90.1 cm³/mol. The third kappa shape index (κ3) is 4.01. The van der Waals surface area contributed by atoms with Crippen LogP contribution in [0.4, 0.5) is 11.4 Å². The van der Waals surface area contributed by atoms with Crippen molar-refractivity contribution in [3.63, 3.8) is 0 Å². The molecule has 22 heavy (non-hydrogen) atoms. The van der Waals surface area contributed by atoms with E-state index < -0.39 is 6.10 Å². The Balaban J connectivity index is 2.04. The van der Waals surface area contributed by atoms with Gasteiger partial charge in [-0.15, -0.1) is 0 Å². The van der Waals surface area contributed by atoms with Gasteiger partial charge in [-0.05, 0) is 55.7 Å². The van der Waals surface area contributed by atoms with Gasteiger partial charge in [-0.2, -0.15) is 0 Å². The maximum absolute atomic E-state index is 12.3. The summed E-state index contributed by atoms with van der Waals surface area (Å²) in [6.45, 7) is 5.73. The number of anilines is 2. The fraction of sp³-hybridized carbons (Fsp3) is 0.278. The first-order valence-corrected chi connectivity index (χ1v) is 7.42. The molecule has 0 bridgehead atoms. The number of carbonyl (C=O) groups excluding carboxylic acids is 1. The van der Waals surface area contributed by atoms with Crippen molar-refractivity contribution in [2.45, 2.75) is 33.3 Å². The maximum atomic E-state index is 12.3. The molecule has 2 aromatic rings. The number of amides is 1. The normalized spacial score (nSPS) is 11.8. The lowest BCUT2D eigenvalue weighted by Crippen LogP contribution is -2.30. The minimum absolute atomic E-state index is 0.199. The van der Waals surface area contributed by atoms with Crippen molar-refractivity contribution in [2.75, 3.05) is 11.1 Å². The molecule has 0 aliphatic heterocycles. The minimum atomic E-state index is -0.590. The van der Waals surface area contributed by atoms with Crippen molar-refractivity contribution in [1.82, 2.24) is 0 Å². The number of ether oxygens (including phenoxy) is 1. The monoisotopic (exact) mass is 298 g/mol. The molecule has 0 heterocycles. The van der Waals surface area contributed by atoms with Crippen molar-refractivity contribution >= 4 is 17.3 Å². The molecule has 0 aromatic heterocycles. The molecule has 0 aliphatic carbocycles. The van der Waals surface area contributed by atoms with E-state index in [0.717, 1.165) is 12.0 Å². The highest BCUT2D eigenvalue weighted by molar-refractivity contribution is 5.95. The molecule has 4 nitrogen and oxygen atoms in total. The Hall–Kier alpha value is -2.49. The highest BCUT2D eigenvalue weighted by atomic mass is 16.5. The molecule has 0 fully saturated rings. The molecule has 4 heteroatoms. The van der Waals surface area contributed by atoms with Crippen LogP contribution < -0.4 is 15.8 Å². The van der Waals surface area contributed by atoms with Crippen molar-refractivity contribution in [3.8, 4) is 5.75 Å². The number of nitrogens with one attached hydrogen (secondary N) is 1. The zero-order valence-corrected chi connectivity index (χ0v) is 13.2. The highest BCUT2D eigenvalue weighted by Gasteiger charge is 2.16. The topological polar surface area (TPSA) is 64.3 Å². The van der Waals surface area contributed by atoms with Gasteiger partial charge < -0.3 is 15.8 Å². The molecule has 0 aliphatic rings. The molecule has 1 atom stereocenters. The Bertz CT molecular complexity index is 668.